The molecule has 0 saturated carbocycles. The van der Waals surface area contributed by atoms with E-state index in [-0.39, 0.29) is 12.7 Å². The van der Waals surface area contributed by atoms with Crippen molar-refractivity contribution < 1.29 is 14.3 Å². The highest BCUT2D eigenvalue weighted by atomic mass is 16.7. The fourth-order valence-electron chi connectivity index (χ4n) is 2.07. The van der Waals surface area contributed by atoms with Gasteiger partial charge < -0.3 is 9.47 Å². The maximum Gasteiger partial charge on any atom is 0.271 e. The molecule has 19 heavy (non-hydrogen) atoms. The number of nitrogens with one attached hydrogen (secondary N) is 1. The lowest BCUT2D eigenvalue weighted by molar-refractivity contribution is 0.0954. The lowest BCUT2D eigenvalue weighted by Crippen LogP contribution is -2.18. The third-order valence-electron chi connectivity index (χ3n) is 3.12. The van der Waals surface area contributed by atoms with Crippen LogP contribution in [-0.4, -0.2) is 18.4 Å². The Bertz CT molecular complexity index is 590. The zero-order chi connectivity index (χ0) is 13.2. The van der Waals surface area contributed by atoms with Crippen LogP contribution in [0.3, 0.4) is 0 Å². The number of hydrogen-bond acceptors (Lipinski definition) is 4. The van der Waals surface area contributed by atoms with Crippen LogP contribution in [0.4, 0.5) is 0 Å². The fraction of sp³-hybridized carbons (Fsp3) is 0.286. The van der Waals surface area contributed by atoms with Crippen LogP contribution in [0.1, 0.15) is 30.1 Å². The molecule has 1 N–H and O–H groups in total. The molecule has 5 heteroatoms. The van der Waals surface area contributed by atoms with Gasteiger partial charge >= 0.3 is 0 Å². The summed E-state index contributed by atoms with van der Waals surface area (Å²) in [5, 5.41) is 4.11. The van der Waals surface area contributed by atoms with Gasteiger partial charge in [-0.25, -0.2) is 5.43 Å². The zero-order valence-electron chi connectivity index (χ0n) is 10.6. The Kier molecular flexibility index (Phi) is 2.95. The largest absolute Gasteiger partial charge is 0.454 e. The summed E-state index contributed by atoms with van der Waals surface area (Å²) in [4.78, 5) is 11.9. The molecular formula is C14H14N2O3. The Balaban J connectivity index is 1.71. The van der Waals surface area contributed by atoms with Gasteiger partial charge in [0.2, 0.25) is 6.79 Å². The van der Waals surface area contributed by atoms with Crippen LogP contribution >= 0.6 is 0 Å². The van der Waals surface area contributed by atoms with Crippen LogP contribution < -0.4 is 14.9 Å². The smallest absolute Gasteiger partial charge is 0.271 e. The topological polar surface area (TPSA) is 59.9 Å². The second kappa shape index (κ2) is 4.76. The molecule has 0 aromatic heterocycles. The summed E-state index contributed by atoms with van der Waals surface area (Å²) in [6.45, 7) is 2.26. The van der Waals surface area contributed by atoms with E-state index < -0.39 is 0 Å². The number of nitrogens with zero attached hydrogens (tertiary/aromatic N) is 1. The molecule has 1 heterocycles. The molecular weight excluding hydrogens is 244 g/mol. The highest BCUT2D eigenvalue weighted by Crippen LogP contribution is 2.32. The number of amides is 1. The van der Waals surface area contributed by atoms with Crippen molar-refractivity contribution in [3.63, 3.8) is 0 Å². The van der Waals surface area contributed by atoms with E-state index in [1.807, 2.05) is 6.08 Å². The zero-order valence-corrected chi connectivity index (χ0v) is 10.6. The SMILES string of the molecule is CC1=CC(=NNC(=O)c2ccc3c(c2)OCO3)CC1. The van der Waals surface area contributed by atoms with Crippen molar-refractivity contribution >= 4 is 11.6 Å². The average Bonchev–Trinajstić information content (AvgIpc) is 3.03. The highest BCUT2D eigenvalue weighted by molar-refractivity contribution is 6.00. The molecule has 1 aliphatic heterocycles. The maximum absolute atomic E-state index is 11.9. The molecule has 0 atom stereocenters. The second-order valence-electron chi connectivity index (χ2n) is 4.60. The molecule has 1 aromatic rings. The number of allylic oxidation sites excluding steroid dienone is 2. The number of carbonyl (C=O) groups is 1. The lowest BCUT2D eigenvalue weighted by Gasteiger charge is -2.02. The summed E-state index contributed by atoms with van der Waals surface area (Å²) in [5.41, 5.74) is 5.26. The fourth-order valence-corrected chi connectivity index (χ4v) is 2.07. The van der Waals surface area contributed by atoms with E-state index >= 15 is 0 Å². The molecule has 0 saturated heterocycles. The molecule has 98 valence electrons. The number of benzene rings is 1. The summed E-state index contributed by atoms with van der Waals surface area (Å²) >= 11 is 0. The highest BCUT2D eigenvalue weighted by Gasteiger charge is 2.16. The first-order valence-corrected chi connectivity index (χ1v) is 6.16. The molecule has 5 nitrogen and oxygen atoms in total. The van der Waals surface area contributed by atoms with Gasteiger partial charge in [0, 0.05) is 5.56 Å². The van der Waals surface area contributed by atoms with E-state index in [0.717, 1.165) is 18.6 Å². The predicted octanol–water partition coefficient (Wildman–Crippen LogP) is 2.24. The van der Waals surface area contributed by atoms with Crippen LogP contribution in [0.25, 0.3) is 0 Å². The quantitative estimate of drug-likeness (QED) is 0.827. The van der Waals surface area contributed by atoms with Crippen molar-refractivity contribution in [3.05, 3.63) is 35.4 Å². The number of carbonyl (C=O) groups excluding carboxylic acids is 1. The Morgan fingerprint density at radius 2 is 2.11 bits per heavy atom. The molecule has 3 rings (SSSR count). The van der Waals surface area contributed by atoms with Gasteiger partial charge in [-0.1, -0.05) is 5.57 Å². The van der Waals surface area contributed by atoms with E-state index in [1.54, 1.807) is 18.2 Å². The molecule has 1 aromatic carbocycles. The van der Waals surface area contributed by atoms with Crippen molar-refractivity contribution in [3.8, 4) is 11.5 Å². The average molecular weight is 258 g/mol. The Hall–Kier alpha value is -2.30. The third-order valence-corrected chi connectivity index (χ3v) is 3.12. The van der Waals surface area contributed by atoms with E-state index in [9.17, 15) is 4.79 Å². The molecule has 0 bridgehead atoms. The minimum atomic E-state index is -0.247. The monoisotopic (exact) mass is 258 g/mol. The van der Waals surface area contributed by atoms with Crippen LogP contribution in [0.2, 0.25) is 0 Å². The Morgan fingerprint density at radius 1 is 1.26 bits per heavy atom. The first-order chi connectivity index (χ1) is 9.22. The second-order valence-corrected chi connectivity index (χ2v) is 4.60. The summed E-state index contributed by atoms with van der Waals surface area (Å²) in [5.74, 6) is 1.01. The molecule has 1 amide bonds. The number of ether oxygens (including phenoxy) is 2. The number of hydrogen-bond donors (Lipinski definition) is 1. The minimum absolute atomic E-state index is 0.201. The van der Waals surface area contributed by atoms with E-state index in [2.05, 4.69) is 17.5 Å². The molecule has 1 aliphatic carbocycles. The first kappa shape index (κ1) is 11.8. The van der Waals surface area contributed by atoms with Crippen LogP contribution in [0.5, 0.6) is 11.5 Å². The van der Waals surface area contributed by atoms with Crippen molar-refractivity contribution in [1.82, 2.24) is 5.43 Å². The van der Waals surface area contributed by atoms with Gasteiger partial charge in [-0.3, -0.25) is 4.79 Å². The van der Waals surface area contributed by atoms with Crippen LogP contribution in [0, 0.1) is 0 Å². The Labute approximate surface area is 110 Å². The summed E-state index contributed by atoms with van der Waals surface area (Å²) in [7, 11) is 0. The molecule has 0 spiro atoms. The van der Waals surface area contributed by atoms with Crippen molar-refractivity contribution in [1.29, 1.82) is 0 Å². The maximum atomic E-state index is 11.9. The van der Waals surface area contributed by atoms with Crippen LogP contribution in [-0.2, 0) is 0 Å². The van der Waals surface area contributed by atoms with E-state index in [1.165, 1.54) is 5.57 Å². The minimum Gasteiger partial charge on any atom is -0.454 e. The molecule has 0 fully saturated rings. The first-order valence-electron chi connectivity index (χ1n) is 6.16. The van der Waals surface area contributed by atoms with E-state index in [4.69, 9.17) is 9.47 Å². The van der Waals surface area contributed by atoms with Gasteiger partial charge in [0.05, 0.1) is 5.71 Å². The van der Waals surface area contributed by atoms with Crippen molar-refractivity contribution in [2.75, 3.05) is 6.79 Å². The van der Waals surface area contributed by atoms with Gasteiger partial charge in [0.25, 0.3) is 5.91 Å². The third kappa shape index (κ3) is 2.45. The number of fused-ring (bicyclic) bond motifs is 1. The summed E-state index contributed by atoms with van der Waals surface area (Å²) in [6, 6.07) is 5.08. The number of rotatable bonds is 2. The molecule has 2 aliphatic rings. The van der Waals surface area contributed by atoms with Gasteiger partial charge in [0.15, 0.2) is 11.5 Å². The summed E-state index contributed by atoms with van der Waals surface area (Å²) < 4.78 is 10.4. The standard InChI is InChI=1S/C14H14N2O3/c1-9-2-4-11(6-9)15-16-14(17)10-3-5-12-13(7-10)19-8-18-12/h3,5-7H,2,4,8H2,1H3,(H,16,17). The van der Waals surface area contributed by atoms with Crippen molar-refractivity contribution in [2.45, 2.75) is 19.8 Å². The van der Waals surface area contributed by atoms with Gasteiger partial charge in [-0.2, -0.15) is 5.10 Å². The number of hydrazone groups is 1. The Morgan fingerprint density at radius 3 is 2.89 bits per heavy atom. The van der Waals surface area contributed by atoms with Gasteiger partial charge in [-0.05, 0) is 44.0 Å². The van der Waals surface area contributed by atoms with E-state index in [0.29, 0.717) is 17.1 Å². The molecule has 0 radical (unpaired) electrons. The predicted molar refractivity (Wildman–Crippen MR) is 70.5 cm³/mol. The van der Waals surface area contributed by atoms with Crippen LogP contribution in [0.15, 0.2) is 34.9 Å². The summed E-state index contributed by atoms with van der Waals surface area (Å²) in [6.07, 6.45) is 3.89. The normalized spacial score (nSPS) is 18.6. The van der Waals surface area contributed by atoms with Crippen molar-refractivity contribution in [2.24, 2.45) is 5.10 Å². The molecule has 0 unspecified atom stereocenters. The van der Waals surface area contributed by atoms with Gasteiger partial charge in [0.1, 0.15) is 0 Å². The van der Waals surface area contributed by atoms with Gasteiger partial charge in [-0.15, -0.1) is 0 Å². The lowest BCUT2D eigenvalue weighted by atomic mass is 10.2.